The van der Waals surface area contributed by atoms with E-state index < -0.39 is 23.7 Å². The van der Waals surface area contributed by atoms with Crippen LogP contribution < -0.4 is 20.3 Å². The third-order valence-corrected chi connectivity index (χ3v) is 5.87. The number of ether oxygens (including phenoxy) is 1. The first-order chi connectivity index (χ1) is 17.2. The Morgan fingerprint density at radius 3 is 2.31 bits per heavy atom. The van der Waals surface area contributed by atoms with Gasteiger partial charge in [0.05, 0.1) is 24.0 Å². The van der Waals surface area contributed by atoms with E-state index in [1.165, 1.54) is 25.3 Å². The molecule has 10 heteroatoms. The van der Waals surface area contributed by atoms with Crippen molar-refractivity contribution in [3.63, 3.8) is 0 Å². The number of amides is 3. The van der Waals surface area contributed by atoms with Crippen molar-refractivity contribution in [2.24, 2.45) is 0 Å². The van der Waals surface area contributed by atoms with Crippen LogP contribution in [0.3, 0.4) is 0 Å². The summed E-state index contributed by atoms with van der Waals surface area (Å²) in [6.45, 7) is 1.75. The average molecular weight is 506 g/mol. The first-order valence-corrected chi connectivity index (χ1v) is 11.0. The first kappa shape index (κ1) is 24.5. The van der Waals surface area contributed by atoms with Crippen LogP contribution in [-0.4, -0.2) is 35.9 Å². The molecule has 1 aliphatic heterocycles. The van der Waals surface area contributed by atoms with Crippen LogP contribution in [0.5, 0.6) is 5.75 Å². The Morgan fingerprint density at radius 1 is 0.944 bits per heavy atom. The zero-order valence-electron chi connectivity index (χ0n) is 19.2. The largest absolute Gasteiger partial charge is 0.497 e. The number of para-hydroxylation sites is 1. The van der Waals surface area contributed by atoms with Crippen molar-refractivity contribution in [1.82, 2.24) is 0 Å². The smallest absolute Gasteiger partial charge is 0.337 e. The van der Waals surface area contributed by atoms with Crippen LogP contribution >= 0.6 is 11.6 Å². The van der Waals surface area contributed by atoms with Crippen molar-refractivity contribution in [2.45, 2.75) is 6.92 Å². The molecule has 0 saturated carbocycles. The topological polar surface area (TPSA) is 125 Å². The second-order valence-electron chi connectivity index (χ2n) is 7.79. The molecule has 0 unspecified atom stereocenters. The molecule has 4 rings (SSSR count). The number of carboxylic acids is 1. The van der Waals surface area contributed by atoms with Gasteiger partial charge in [0.25, 0.3) is 17.7 Å². The molecule has 0 aliphatic carbocycles. The number of halogens is 1. The second-order valence-corrected chi connectivity index (χ2v) is 8.17. The van der Waals surface area contributed by atoms with Crippen LogP contribution in [0.4, 0.5) is 17.1 Å². The van der Waals surface area contributed by atoms with E-state index in [2.05, 4.69) is 10.6 Å². The normalized spacial score (nSPS) is 13.1. The van der Waals surface area contributed by atoms with Gasteiger partial charge in [-0.3, -0.25) is 14.4 Å². The quantitative estimate of drug-likeness (QED) is 0.407. The molecule has 0 bridgehead atoms. The van der Waals surface area contributed by atoms with Gasteiger partial charge in [0.2, 0.25) is 0 Å². The van der Waals surface area contributed by atoms with E-state index in [9.17, 15) is 24.3 Å². The van der Waals surface area contributed by atoms with Crippen LogP contribution in [-0.2, 0) is 9.59 Å². The summed E-state index contributed by atoms with van der Waals surface area (Å²) in [7, 11) is 1.50. The number of nitrogens with one attached hydrogen (secondary N) is 2. The number of imide groups is 1. The first-order valence-electron chi connectivity index (χ1n) is 10.6. The number of carbonyl (C=O) groups is 4. The van der Waals surface area contributed by atoms with Crippen molar-refractivity contribution in [1.29, 1.82) is 0 Å². The van der Waals surface area contributed by atoms with Gasteiger partial charge < -0.3 is 20.5 Å². The number of aromatic carboxylic acids is 1. The molecular formula is C26H20ClN3O6. The highest BCUT2D eigenvalue weighted by atomic mass is 35.5. The molecule has 3 aromatic rings. The lowest BCUT2D eigenvalue weighted by Crippen LogP contribution is -2.32. The van der Waals surface area contributed by atoms with Gasteiger partial charge in [0.15, 0.2) is 0 Å². The standard InChI is InChI=1S/C26H20ClN3O6/c1-14-7-8-15(23(31)29-19-6-4-3-5-18(19)26(34)35)13-20(14)28-22-21(27)24(32)30(25(22)33)16-9-11-17(36-2)12-10-16/h3-13,28H,1-2H3,(H,29,31)(H,34,35). The molecule has 9 nitrogen and oxygen atoms in total. The number of carbonyl (C=O) groups excluding carboxylic acids is 3. The fourth-order valence-electron chi connectivity index (χ4n) is 3.58. The van der Waals surface area contributed by atoms with Gasteiger partial charge >= 0.3 is 5.97 Å². The number of nitrogens with zero attached hydrogens (tertiary/aromatic N) is 1. The number of methoxy groups -OCH3 is 1. The average Bonchev–Trinajstić information content (AvgIpc) is 3.08. The molecular weight excluding hydrogens is 486 g/mol. The molecule has 0 spiro atoms. The number of anilines is 3. The summed E-state index contributed by atoms with van der Waals surface area (Å²) in [6.07, 6.45) is 0. The van der Waals surface area contributed by atoms with Gasteiger partial charge in [-0.25, -0.2) is 9.69 Å². The zero-order valence-corrected chi connectivity index (χ0v) is 19.9. The predicted molar refractivity (Wildman–Crippen MR) is 135 cm³/mol. The SMILES string of the molecule is COc1ccc(N2C(=O)C(Cl)=C(Nc3cc(C(=O)Nc4ccccc4C(=O)O)ccc3C)C2=O)cc1. The fraction of sp³-hybridized carbons (Fsp3) is 0.0769. The lowest BCUT2D eigenvalue weighted by molar-refractivity contribution is -0.120. The third kappa shape index (κ3) is 4.64. The number of aryl methyl sites for hydroxylation is 1. The van der Waals surface area contributed by atoms with Gasteiger partial charge in [-0.1, -0.05) is 29.8 Å². The molecule has 36 heavy (non-hydrogen) atoms. The Kier molecular flexibility index (Phi) is 6.75. The summed E-state index contributed by atoms with van der Waals surface area (Å²) < 4.78 is 5.11. The van der Waals surface area contributed by atoms with Gasteiger partial charge in [0, 0.05) is 11.3 Å². The number of benzene rings is 3. The Bertz CT molecular complexity index is 1430. The summed E-state index contributed by atoms with van der Waals surface area (Å²) in [4.78, 5) is 51.1. The van der Waals surface area contributed by atoms with E-state index in [0.29, 0.717) is 22.7 Å². The Labute approximate surface area is 210 Å². The van der Waals surface area contributed by atoms with Gasteiger partial charge in [0.1, 0.15) is 16.5 Å². The van der Waals surface area contributed by atoms with E-state index in [4.69, 9.17) is 16.3 Å². The van der Waals surface area contributed by atoms with Crippen LogP contribution in [0, 0.1) is 6.92 Å². The fourth-order valence-corrected chi connectivity index (χ4v) is 3.80. The summed E-state index contributed by atoms with van der Waals surface area (Å²) in [5.74, 6) is -2.51. The van der Waals surface area contributed by atoms with E-state index in [1.54, 1.807) is 55.5 Å². The minimum atomic E-state index is -1.18. The summed E-state index contributed by atoms with van der Waals surface area (Å²) in [6, 6.07) is 17.1. The van der Waals surface area contributed by atoms with Gasteiger partial charge in [-0.05, 0) is 61.0 Å². The molecule has 3 N–H and O–H groups in total. The predicted octanol–water partition coefficient (Wildman–Crippen LogP) is 4.39. The molecule has 0 atom stereocenters. The Morgan fingerprint density at radius 2 is 1.64 bits per heavy atom. The van der Waals surface area contributed by atoms with Crippen molar-refractivity contribution >= 4 is 52.4 Å². The van der Waals surface area contributed by atoms with Gasteiger partial charge in [-0.15, -0.1) is 0 Å². The van der Waals surface area contributed by atoms with Crippen LogP contribution in [0.15, 0.2) is 77.5 Å². The molecule has 0 radical (unpaired) electrons. The highest BCUT2D eigenvalue weighted by molar-refractivity contribution is 6.53. The van der Waals surface area contributed by atoms with E-state index >= 15 is 0 Å². The number of hydrogen-bond donors (Lipinski definition) is 3. The zero-order chi connectivity index (χ0) is 26.0. The van der Waals surface area contributed by atoms with Crippen LogP contribution in [0.1, 0.15) is 26.3 Å². The van der Waals surface area contributed by atoms with E-state index in [1.807, 2.05) is 0 Å². The summed E-state index contributed by atoms with van der Waals surface area (Å²) >= 11 is 6.23. The highest BCUT2D eigenvalue weighted by Gasteiger charge is 2.39. The van der Waals surface area contributed by atoms with Crippen molar-refractivity contribution < 1.29 is 29.0 Å². The maximum absolute atomic E-state index is 13.1. The minimum Gasteiger partial charge on any atom is -0.497 e. The highest BCUT2D eigenvalue weighted by Crippen LogP contribution is 2.32. The molecule has 3 aromatic carbocycles. The monoisotopic (exact) mass is 505 g/mol. The maximum atomic E-state index is 13.1. The minimum absolute atomic E-state index is 0.0538. The molecule has 3 amide bonds. The van der Waals surface area contributed by atoms with E-state index in [0.717, 1.165) is 4.90 Å². The number of rotatable bonds is 7. The van der Waals surface area contributed by atoms with Crippen LogP contribution in [0.2, 0.25) is 0 Å². The van der Waals surface area contributed by atoms with Crippen LogP contribution in [0.25, 0.3) is 0 Å². The third-order valence-electron chi connectivity index (χ3n) is 5.52. The summed E-state index contributed by atoms with van der Waals surface area (Å²) in [5.41, 5.74) is 1.53. The Balaban J connectivity index is 1.58. The number of hydrogen-bond acceptors (Lipinski definition) is 6. The molecule has 1 heterocycles. The summed E-state index contributed by atoms with van der Waals surface area (Å²) in [5, 5.41) is 14.5. The molecule has 0 aromatic heterocycles. The molecule has 1 aliphatic rings. The Hall–Kier alpha value is -4.63. The lowest BCUT2D eigenvalue weighted by atomic mass is 10.1. The lowest BCUT2D eigenvalue weighted by Gasteiger charge is -2.16. The van der Waals surface area contributed by atoms with E-state index in [-0.39, 0.29) is 27.5 Å². The van der Waals surface area contributed by atoms with Crippen molar-refractivity contribution in [3.8, 4) is 5.75 Å². The second kappa shape index (κ2) is 9.93. The maximum Gasteiger partial charge on any atom is 0.337 e. The molecule has 182 valence electrons. The number of carboxylic acid groups (broad SMARTS) is 1. The molecule has 0 saturated heterocycles. The van der Waals surface area contributed by atoms with Gasteiger partial charge in [-0.2, -0.15) is 0 Å². The molecule has 0 fully saturated rings. The van der Waals surface area contributed by atoms with Crippen molar-refractivity contribution in [3.05, 3.63) is 94.1 Å². The van der Waals surface area contributed by atoms with Crippen molar-refractivity contribution in [2.75, 3.05) is 22.6 Å².